The molecule has 0 aromatic heterocycles. The smallest absolute Gasteiger partial charge is 0.0791 e. The van der Waals surface area contributed by atoms with Crippen LogP contribution in [0.1, 0.15) is 25.3 Å². The van der Waals surface area contributed by atoms with Crippen molar-refractivity contribution in [3.8, 4) is 0 Å². The Morgan fingerprint density at radius 1 is 1.29 bits per heavy atom. The van der Waals surface area contributed by atoms with Gasteiger partial charge in [0.2, 0.25) is 0 Å². The van der Waals surface area contributed by atoms with Crippen molar-refractivity contribution < 1.29 is 5.11 Å². The summed E-state index contributed by atoms with van der Waals surface area (Å²) in [7, 11) is 0. The number of hydrogen-bond donors (Lipinski definition) is 2. The molecule has 1 aliphatic rings. The minimum Gasteiger partial charge on any atom is -0.390 e. The van der Waals surface area contributed by atoms with Gasteiger partial charge in [0.1, 0.15) is 0 Å². The normalized spacial score (nSPS) is 18.8. The third-order valence-corrected chi connectivity index (χ3v) is 4.96. The van der Waals surface area contributed by atoms with E-state index in [9.17, 15) is 5.11 Å². The average Bonchev–Trinajstić information content (AvgIpc) is 2.50. The summed E-state index contributed by atoms with van der Waals surface area (Å²) in [5, 5.41) is 13.5. The number of nitrogens with one attached hydrogen (secondary N) is 1. The molecule has 0 aliphatic carbocycles. The highest BCUT2D eigenvalue weighted by Gasteiger charge is 2.17. The highest BCUT2D eigenvalue weighted by atomic mass is 32.2. The molecule has 4 heteroatoms. The largest absolute Gasteiger partial charge is 0.390 e. The van der Waals surface area contributed by atoms with Crippen LogP contribution in [-0.2, 0) is 6.54 Å². The zero-order valence-corrected chi connectivity index (χ0v) is 14.0. The SMILES string of the molecule is CSc1ccc(CNCC(O)CN2CCC(C)CC2)cc1. The monoisotopic (exact) mass is 308 g/mol. The summed E-state index contributed by atoms with van der Waals surface area (Å²) in [4.78, 5) is 3.68. The molecule has 21 heavy (non-hydrogen) atoms. The Morgan fingerprint density at radius 2 is 1.95 bits per heavy atom. The fraction of sp³-hybridized carbons (Fsp3) is 0.647. The van der Waals surface area contributed by atoms with E-state index < -0.39 is 0 Å². The number of aliphatic hydroxyl groups is 1. The number of benzene rings is 1. The number of piperidine rings is 1. The van der Waals surface area contributed by atoms with Crippen LogP contribution in [0.5, 0.6) is 0 Å². The molecule has 2 N–H and O–H groups in total. The van der Waals surface area contributed by atoms with Gasteiger partial charge in [-0.1, -0.05) is 19.1 Å². The van der Waals surface area contributed by atoms with Gasteiger partial charge in [-0.3, -0.25) is 0 Å². The lowest BCUT2D eigenvalue weighted by Crippen LogP contribution is -2.41. The molecule has 0 amide bonds. The topological polar surface area (TPSA) is 35.5 Å². The second-order valence-corrected chi connectivity index (χ2v) is 7.00. The van der Waals surface area contributed by atoms with Crippen LogP contribution in [0.2, 0.25) is 0 Å². The lowest BCUT2D eigenvalue weighted by atomic mass is 9.99. The number of aliphatic hydroxyl groups excluding tert-OH is 1. The molecule has 1 aromatic rings. The summed E-state index contributed by atoms with van der Waals surface area (Å²) in [5.41, 5.74) is 1.27. The molecule has 1 aromatic carbocycles. The molecule has 1 atom stereocenters. The molecule has 0 radical (unpaired) electrons. The van der Waals surface area contributed by atoms with E-state index in [4.69, 9.17) is 0 Å². The molecule has 1 unspecified atom stereocenters. The van der Waals surface area contributed by atoms with Crippen molar-refractivity contribution in [1.29, 1.82) is 0 Å². The van der Waals surface area contributed by atoms with E-state index in [1.54, 1.807) is 11.8 Å². The minimum atomic E-state index is -0.274. The van der Waals surface area contributed by atoms with Gasteiger partial charge in [-0.25, -0.2) is 0 Å². The highest BCUT2D eigenvalue weighted by Crippen LogP contribution is 2.16. The molecule has 0 bridgehead atoms. The van der Waals surface area contributed by atoms with Crippen LogP contribution in [0.3, 0.4) is 0 Å². The van der Waals surface area contributed by atoms with E-state index >= 15 is 0 Å². The minimum absolute atomic E-state index is 0.274. The molecule has 2 rings (SSSR count). The first kappa shape index (κ1) is 16.8. The zero-order valence-electron chi connectivity index (χ0n) is 13.2. The third-order valence-electron chi connectivity index (χ3n) is 4.21. The number of thioether (sulfide) groups is 1. The molecule has 3 nitrogen and oxygen atoms in total. The summed E-state index contributed by atoms with van der Waals surface area (Å²) < 4.78 is 0. The van der Waals surface area contributed by atoms with Gasteiger partial charge in [-0.2, -0.15) is 0 Å². The standard InChI is InChI=1S/C17H28N2OS/c1-14-7-9-19(10-8-14)13-16(20)12-18-11-15-3-5-17(21-2)6-4-15/h3-6,14,16,18,20H,7-13H2,1-2H3. The number of nitrogens with zero attached hydrogens (tertiary/aromatic N) is 1. The van der Waals surface area contributed by atoms with Crippen molar-refractivity contribution in [2.75, 3.05) is 32.4 Å². The third kappa shape index (κ3) is 5.99. The average molecular weight is 308 g/mol. The molecule has 0 saturated carbocycles. The lowest BCUT2D eigenvalue weighted by Gasteiger charge is -2.31. The van der Waals surface area contributed by atoms with Crippen LogP contribution in [0.15, 0.2) is 29.2 Å². The molecule has 1 heterocycles. The van der Waals surface area contributed by atoms with Gasteiger partial charge in [0.05, 0.1) is 6.10 Å². The van der Waals surface area contributed by atoms with Crippen LogP contribution >= 0.6 is 11.8 Å². The van der Waals surface area contributed by atoms with Gasteiger partial charge in [-0.15, -0.1) is 11.8 Å². The first-order chi connectivity index (χ1) is 10.2. The highest BCUT2D eigenvalue weighted by molar-refractivity contribution is 7.98. The predicted molar refractivity (Wildman–Crippen MR) is 90.8 cm³/mol. The molecular formula is C17H28N2OS. The van der Waals surface area contributed by atoms with Gasteiger partial charge >= 0.3 is 0 Å². The predicted octanol–water partition coefficient (Wildman–Crippen LogP) is 2.59. The van der Waals surface area contributed by atoms with Crippen LogP contribution in [0.25, 0.3) is 0 Å². The summed E-state index contributed by atoms with van der Waals surface area (Å²) in [6.07, 6.45) is 4.35. The van der Waals surface area contributed by atoms with Crippen molar-refractivity contribution in [3.05, 3.63) is 29.8 Å². The molecular weight excluding hydrogens is 280 g/mol. The fourth-order valence-electron chi connectivity index (χ4n) is 2.73. The molecule has 1 saturated heterocycles. The van der Waals surface area contributed by atoms with Gasteiger partial charge in [0.25, 0.3) is 0 Å². The molecule has 1 aliphatic heterocycles. The quantitative estimate of drug-likeness (QED) is 0.759. The Hall–Kier alpha value is -0.550. The number of β-amino-alcohol motifs (C(OH)–C–C–N with tert-alkyl or cyclic N) is 1. The number of likely N-dealkylation sites (tertiary alicyclic amines) is 1. The van der Waals surface area contributed by atoms with Crippen molar-refractivity contribution in [2.24, 2.45) is 5.92 Å². The Labute approximate surface area is 133 Å². The number of rotatable bonds is 7. The maximum atomic E-state index is 10.1. The van der Waals surface area contributed by atoms with Crippen LogP contribution in [0, 0.1) is 5.92 Å². The summed E-state index contributed by atoms with van der Waals surface area (Å²) in [6, 6.07) is 8.59. The fourth-order valence-corrected chi connectivity index (χ4v) is 3.14. The Balaban J connectivity index is 1.63. The van der Waals surface area contributed by atoms with Crippen LogP contribution in [0.4, 0.5) is 0 Å². The van der Waals surface area contributed by atoms with Crippen molar-refractivity contribution in [1.82, 2.24) is 10.2 Å². The zero-order chi connectivity index (χ0) is 15.1. The Morgan fingerprint density at radius 3 is 2.57 bits per heavy atom. The van der Waals surface area contributed by atoms with Crippen LogP contribution in [-0.4, -0.2) is 48.5 Å². The second-order valence-electron chi connectivity index (χ2n) is 6.12. The van der Waals surface area contributed by atoms with Crippen molar-refractivity contribution in [2.45, 2.75) is 37.3 Å². The van der Waals surface area contributed by atoms with E-state index in [2.05, 4.69) is 47.7 Å². The van der Waals surface area contributed by atoms with Gasteiger partial charge < -0.3 is 15.3 Å². The Kier molecular flexibility index (Phi) is 7.04. The van der Waals surface area contributed by atoms with E-state index in [1.165, 1.54) is 23.3 Å². The summed E-state index contributed by atoms with van der Waals surface area (Å²) >= 11 is 1.76. The maximum absolute atomic E-state index is 10.1. The van der Waals surface area contributed by atoms with Crippen molar-refractivity contribution in [3.63, 3.8) is 0 Å². The van der Waals surface area contributed by atoms with Gasteiger partial charge in [0, 0.05) is 24.5 Å². The summed E-state index contributed by atoms with van der Waals surface area (Å²) in [6.45, 7) is 6.87. The van der Waals surface area contributed by atoms with Crippen LogP contribution < -0.4 is 5.32 Å². The molecule has 118 valence electrons. The molecule has 0 spiro atoms. The van der Waals surface area contributed by atoms with E-state index in [1.807, 2.05) is 0 Å². The molecule has 1 fully saturated rings. The first-order valence-electron chi connectivity index (χ1n) is 7.91. The lowest BCUT2D eigenvalue weighted by molar-refractivity contribution is 0.0907. The van der Waals surface area contributed by atoms with E-state index in [0.29, 0.717) is 6.54 Å². The van der Waals surface area contributed by atoms with E-state index in [0.717, 1.165) is 32.1 Å². The van der Waals surface area contributed by atoms with Crippen molar-refractivity contribution >= 4 is 11.8 Å². The Bertz CT molecular complexity index is 402. The first-order valence-corrected chi connectivity index (χ1v) is 9.14. The maximum Gasteiger partial charge on any atom is 0.0791 e. The summed E-state index contributed by atoms with van der Waals surface area (Å²) in [5.74, 6) is 0.848. The van der Waals surface area contributed by atoms with Gasteiger partial charge in [-0.05, 0) is 55.8 Å². The second kappa shape index (κ2) is 8.79. The van der Waals surface area contributed by atoms with Gasteiger partial charge in [0.15, 0.2) is 0 Å². The number of hydrogen-bond acceptors (Lipinski definition) is 4. The van der Waals surface area contributed by atoms with E-state index in [-0.39, 0.29) is 6.10 Å².